The molecule has 1 aromatic heterocycles. The van der Waals surface area contributed by atoms with Gasteiger partial charge >= 0.3 is 5.97 Å². The van der Waals surface area contributed by atoms with Crippen molar-refractivity contribution in [2.45, 2.75) is 0 Å². The minimum Gasteiger partial charge on any atom is -0.477 e. The number of ether oxygens (including phenoxy) is 1. The fourth-order valence-corrected chi connectivity index (χ4v) is 2.39. The summed E-state index contributed by atoms with van der Waals surface area (Å²) in [5.41, 5.74) is 1.31. The molecule has 0 aliphatic heterocycles. The molecule has 6 heteroatoms. The molecule has 4 nitrogen and oxygen atoms in total. The first kappa shape index (κ1) is 16.3. The average Bonchev–Trinajstić information content (AvgIpc) is 2.57. The Morgan fingerprint density at radius 2 is 1.67 bits per heavy atom. The zero-order valence-electron chi connectivity index (χ0n) is 12.2. The fraction of sp³-hybridized carbons (Fsp3) is 0. The second-order valence-electron chi connectivity index (χ2n) is 4.89. The predicted molar refractivity (Wildman–Crippen MR) is 93.2 cm³/mol. The molecule has 3 aromatic rings. The van der Waals surface area contributed by atoms with Crippen LogP contribution in [0.3, 0.4) is 0 Å². The predicted octanol–water partition coefficient (Wildman–Crippen LogP) is 5.55. The van der Waals surface area contributed by atoms with Gasteiger partial charge in [-0.1, -0.05) is 47.5 Å². The second-order valence-corrected chi connectivity index (χ2v) is 5.74. The number of pyridine rings is 1. The average molecular weight is 360 g/mol. The van der Waals surface area contributed by atoms with Crippen LogP contribution in [0.1, 0.15) is 10.4 Å². The molecule has 0 bridgehead atoms. The third kappa shape index (κ3) is 3.50. The van der Waals surface area contributed by atoms with Gasteiger partial charge in [-0.2, -0.15) is 0 Å². The minimum atomic E-state index is -1.13. The minimum absolute atomic E-state index is 0.0250. The Hall–Kier alpha value is -2.56. The van der Waals surface area contributed by atoms with Gasteiger partial charge in [0.05, 0.1) is 10.7 Å². The number of aromatic nitrogens is 1. The third-order valence-electron chi connectivity index (χ3n) is 3.27. The van der Waals surface area contributed by atoms with Crippen molar-refractivity contribution in [2.24, 2.45) is 0 Å². The number of carboxylic acids is 1. The van der Waals surface area contributed by atoms with E-state index in [9.17, 15) is 9.90 Å². The summed E-state index contributed by atoms with van der Waals surface area (Å²) in [5, 5.41) is 10.3. The van der Waals surface area contributed by atoms with Gasteiger partial charge in [0.25, 0.3) is 0 Å². The Bertz CT molecular complexity index is 895. The highest BCUT2D eigenvalue weighted by molar-refractivity contribution is 6.32. The molecule has 0 saturated heterocycles. The van der Waals surface area contributed by atoms with Crippen LogP contribution in [-0.4, -0.2) is 16.1 Å². The smallest absolute Gasteiger partial charge is 0.341 e. The van der Waals surface area contributed by atoms with Crippen LogP contribution in [0.5, 0.6) is 11.6 Å². The number of nitrogens with zero attached hydrogens (tertiary/aromatic N) is 1. The number of rotatable bonds is 4. The van der Waals surface area contributed by atoms with Crippen molar-refractivity contribution in [1.82, 2.24) is 4.98 Å². The summed E-state index contributed by atoms with van der Waals surface area (Å²) in [4.78, 5) is 15.7. The first-order valence-corrected chi connectivity index (χ1v) is 7.73. The van der Waals surface area contributed by atoms with Crippen molar-refractivity contribution in [2.75, 3.05) is 0 Å². The molecular formula is C18H11Cl2NO3. The van der Waals surface area contributed by atoms with Crippen molar-refractivity contribution in [3.8, 4) is 22.9 Å². The van der Waals surface area contributed by atoms with Crippen molar-refractivity contribution in [3.05, 3.63) is 76.3 Å². The summed E-state index contributed by atoms with van der Waals surface area (Å²) in [5.74, 6) is -0.822. The molecular weight excluding hydrogens is 349 g/mol. The molecule has 1 N–H and O–H groups in total. The number of para-hydroxylation sites is 1. The van der Waals surface area contributed by atoms with E-state index < -0.39 is 5.97 Å². The standard InChI is InChI=1S/C18H11Cl2NO3/c19-12-7-5-11(6-8-12)15-10-9-13(18(22)23)17(21-15)24-16-4-2-1-3-14(16)20/h1-10H,(H,22,23). The normalized spacial score (nSPS) is 10.4. The second kappa shape index (κ2) is 6.91. The van der Waals surface area contributed by atoms with Gasteiger partial charge in [-0.05, 0) is 36.4 Å². The molecule has 0 amide bonds. The van der Waals surface area contributed by atoms with Crippen LogP contribution in [0.25, 0.3) is 11.3 Å². The number of hydrogen-bond donors (Lipinski definition) is 1. The fourth-order valence-electron chi connectivity index (χ4n) is 2.09. The maximum absolute atomic E-state index is 11.4. The van der Waals surface area contributed by atoms with Gasteiger partial charge in [-0.15, -0.1) is 0 Å². The first-order chi connectivity index (χ1) is 11.5. The van der Waals surface area contributed by atoms with Crippen molar-refractivity contribution < 1.29 is 14.6 Å². The van der Waals surface area contributed by atoms with Crippen LogP contribution in [0, 0.1) is 0 Å². The lowest BCUT2D eigenvalue weighted by Crippen LogP contribution is -2.03. The Kier molecular flexibility index (Phi) is 4.69. The molecule has 0 spiro atoms. The zero-order chi connectivity index (χ0) is 17.1. The summed E-state index contributed by atoms with van der Waals surface area (Å²) in [6, 6.07) is 16.9. The summed E-state index contributed by atoms with van der Waals surface area (Å²) in [6.07, 6.45) is 0. The molecule has 0 aliphatic rings. The topological polar surface area (TPSA) is 59.4 Å². The zero-order valence-corrected chi connectivity index (χ0v) is 13.8. The van der Waals surface area contributed by atoms with E-state index in [2.05, 4.69) is 4.98 Å². The monoisotopic (exact) mass is 359 g/mol. The van der Waals surface area contributed by atoms with Crippen LogP contribution in [0.2, 0.25) is 10.0 Å². The van der Waals surface area contributed by atoms with Gasteiger partial charge in [0.2, 0.25) is 5.88 Å². The molecule has 0 saturated carbocycles. The molecule has 0 aliphatic carbocycles. The molecule has 0 fully saturated rings. The number of benzene rings is 2. The summed E-state index contributed by atoms with van der Waals surface area (Å²) < 4.78 is 5.64. The van der Waals surface area contributed by atoms with E-state index in [-0.39, 0.29) is 11.4 Å². The summed E-state index contributed by atoms with van der Waals surface area (Å²) >= 11 is 11.9. The molecule has 120 valence electrons. The maximum Gasteiger partial charge on any atom is 0.341 e. The van der Waals surface area contributed by atoms with Gasteiger partial charge in [0.1, 0.15) is 11.3 Å². The van der Waals surface area contributed by atoms with Crippen LogP contribution in [0.4, 0.5) is 0 Å². The van der Waals surface area contributed by atoms with Crippen molar-refractivity contribution in [1.29, 1.82) is 0 Å². The SMILES string of the molecule is O=C(O)c1ccc(-c2ccc(Cl)cc2)nc1Oc1ccccc1Cl. The molecule has 0 atom stereocenters. The van der Waals surface area contributed by atoms with Crippen LogP contribution in [0.15, 0.2) is 60.7 Å². The number of carbonyl (C=O) groups is 1. The maximum atomic E-state index is 11.4. The van der Waals surface area contributed by atoms with Gasteiger partial charge in [0.15, 0.2) is 0 Å². The Labute approximate surface area is 148 Å². The lowest BCUT2D eigenvalue weighted by atomic mass is 10.1. The lowest BCUT2D eigenvalue weighted by Gasteiger charge is -2.11. The molecule has 3 rings (SSSR count). The molecule has 24 heavy (non-hydrogen) atoms. The summed E-state index contributed by atoms with van der Waals surface area (Å²) in [7, 11) is 0. The largest absolute Gasteiger partial charge is 0.477 e. The molecule has 1 heterocycles. The van der Waals surface area contributed by atoms with Crippen LogP contribution >= 0.6 is 23.2 Å². The third-order valence-corrected chi connectivity index (χ3v) is 3.84. The lowest BCUT2D eigenvalue weighted by molar-refractivity contribution is 0.0693. The number of hydrogen-bond acceptors (Lipinski definition) is 3. The highest BCUT2D eigenvalue weighted by atomic mass is 35.5. The van der Waals surface area contributed by atoms with Crippen molar-refractivity contribution >= 4 is 29.2 Å². The number of carboxylic acid groups (broad SMARTS) is 1. The van der Waals surface area contributed by atoms with E-state index in [4.69, 9.17) is 27.9 Å². The van der Waals surface area contributed by atoms with E-state index >= 15 is 0 Å². The number of aromatic carboxylic acids is 1. The van der Waals surface area contributed by atoms with Crippen LogP contribution in [-0.2, 0) is 0 Å². The Balaban J connectivity index is 2.05. The molecule has 0 radical (unpaired) electrons. The van der Waals surface area contributed by atoms with Gasteiger partial charge in [0, 0.05) is 10.6 Å². The first-order valence-electron chi connectivity index (χ1n) is 6.97. The molecule has 0 unspecified atom stereocenters. The van der Waals surface area contributed by atoms with Gasteiger partial charge in [-0.25, -0.2) is 9.78 Å². The highest BCUT2D eigenvalue weighted by Crippen LogP contribution is 2.31. The van der Waals surface area contributed by atoms with E-state index in [1.54, 1.807) is 54.6 Å². The summed E-state index contributed by atoms with van der Waals surface area (Å²) in [6.45, 7) is 0. The van der Waals surface area contributed by atoms with E-state index in [0.29, 0.717) is 21.5 Å². The van der Waals surface area contributed by atoms with E-state index in [1.165, 1.54) is 6.07 Å². The van der Waals surface area contributed by atoms with Crippen molar-refractivity contribution in [3.63, 3.8) is 0 Å². The van der Waals surface area contributed by atoms with E-state index in [1.807, 2.05) is 0 Å². The van der Waals surface area contributed by atoms with Gasteiger partial charge in [-0.3, -0.25) is 0 Å². The quantitative estimate of drug-likeness (QED) is 0.663. The highest BCUT2D eigenvalue weighted by Gasteiger charge is 2.16. The van der Waals surface area contributed by atoms with E-state index in [0.717, 1.165) is 5.56 Å². The molecule has 2 aromatic carbocycles. The van der Waals surface area contributed by atoms with Crippen LogP contribution < -0.4 is 4.74 Å². The number of halogens is 2. The Morgan fingerprint density at radius 1 is 0.958 bits per heavy atom. The van der Waals surface area contributed by atoms with Gasteiger partial charge < -0.3 is 9.84 Å². The Morgan fingerprint density at radius 3 is 2.33 bits per heavy atom.